The van der Waals surface area contributed by atoms with E-state index in [1.54, 1.807) is 19.9 Å². The number of hydrogen-bond acceptors (Lipinski definition) is 5. The van der Waals surface area contributed by atoms with Gasteiger partial charge in [-0.05, 0) is 31.5 Å². The Balaban J connectivity index is 2.44. The van der Waals surface area contributed by atoms with E-state index in [1.807, 2.05) is 0 Å². The summed E-state index contributed by atoms with van der Waals surface area (Å²) in [6.45, 7) is 3.53. The first-order valence-corrected chi connectivity index (χ1v) is 7.28. The van der Waals surface area contributed by atoms with Crippen LogP contribution < -0.4 is 10.5 Å². The van der Waals surface area contributed by atoms with E-state index in [4.69, 9.17) is 10.5 Å². The average Bonchev–Trinajstić information content (AvgIpc) is 2.28. The zero-order valence-corrected chi connectivity index (χ0v) is 12.0. The fourth-order valence-electron chi connectivity index (χ4n) is 2.06. The van der Waals surface area contributed by atoms with Gasteiger partial charge in [0.2, 0.25) is 10.0 Å². The van der Waals surface area contributed by atoms with Crippen LogP contribution in [0.2, 0.25) is 0 Å². The second-order valence-corrected chi connectivity index (χ2v) is 7.04. The van der Waals surface area contributed by atoms with Crippen molar-refractivity contribution >= 4 is 15.7 Å². The molecule has 0 aliphatic carbocycles. The van der Waals surface area contributed by atoms with Gasteiger partial charge in [0.1, 0.15) is 10.6 Å². The standard InChI is InChI=1S/C12H18N2O4S/c1-8-4-10(18-3)11(5-9(8)13)19(16,17)14-6-12(2,15)7-14/h4-5,15H,6-7,13H2,1-3H3. The first-order valence-electron chi connectivity index (χ1n) is 5.84. The minimum Gasteiger partial charge on any atom is -0.495 e. The van der Waals surface area contributed by atoms with Gasteiger partial charge in [-0.15, -0.1) is 0 Å². The average molecular weight is 286 g/mol. The van der Waals surface area contributed by atoms with Crippen molar-refractivity contribution in [1.82, 2.24) is 4.31 Å². The molecule has 0 saturated carbocycles. The van der Waals surface area contributed by atoms with Crippen molar-refractivity contribution in [2.45, 2.75) is 24.3 Å². The quantitative estimate of drug-likeness (QED) is 0.782. The zero-order chi connectivity index (χ0) is 14.4. The van der Waals surface area contributed by atoms with Crippen molar-refractivity contribution in [3.05, 3.63) is 17.7 Å². The number of benzene rings is 1. The second-order valence-electron chi connectivity index (χ2n) is 5.13. The van der Waals surface area contributed by atoms with Crippen LogP contribution in [0, 0.1) is 6.92 Å². The minimum absolute atomic E-state index is 0.0357. The molecule has 19 heavy (non-hydrogen) atoms. The Kier molecular flexibility index (Phi) is 3.24. The maximum atomic E-state index is 12.4. The molecule has 0 radical (unpaired) electrons. The third kappa shape index (κ3) is 2.41. The van der Waals surface area contributed by atoms with Crippen molar-refractivity contribution < 1.29 is 18.3 Å². The van der Waals surface area contributed by atoms with Gasteiger partial charge >= 0.3 is 0 Å². The lowest BCUT2D eigenvalue weighted by atomic mass is 10.0. The second kappa shape index (κ2) is 4.36. The van der Waals surface area contributed by atoms with Gasteiger partial charge in [-0.2, -0.15) is 4.31 Å². The Bertz CT molecular complexity index is 602. The van der Waals surface area contributed by atoms with Gasteiger partial charge in [0.15, 0.2) is 0 Å². The molecule has 106 valence electrons. The first kappa shape index (κ1) is 14.1. The maximum Gasteiger partial charge on any atom is 0.247 e. The molecular formula is C12H18N2O4S. The van der Waals surface area contributed by atoms with Crippen LogP contribution in [-0.4, -0.2) is 43.6 Å². The molecule has 0 unspecified atom stereocenters. The lowest BCUT2D eigenvalue weighted by molar-refractivity contribution is -0.0426. The molecule has 1 aliphatic rings. The number of nitrogens with zero attached hydrogens (tertiary/aromatic N) is 1. The number of aryl methyl sites for hydroxylation is 1. The molecule has 0 atom stereocenters. The summed E-state index contributed by atoms with van der Waals surface area (Å²) < 4.78 is 31.2. The first-order chi connectivity index (χ1) is 8.67. The van der Waals surface area contributed by atoms with E-state index in [1.165, 1.54) is 17.5 Å². The zero-order valence-electron chi connectivity index (χ0n) is 11.2. The Morgan fingerprint density at radius 1 is 1.42 bits per heavy atom. The van der Waals surface area contributed by atoms with Crippen molar-refractivity contribution in [3.8, 4) is 5.75 Å². The molecular weight excluding hydrogens is 268 g/mol. The highest BCUT2D eigenvalue weighted by Crippen LogP contribution is 2.34. The summed E-state index contributed by atoms with van der Waals surface area (Å²) in [5.74, 6) is 0.262. The highest BCUT2D eigenvalue weighted by Gasteiger charge is 2.44. The van der Waals surface area contributed by atoms with Crippen LogP contribution in [0.4, 0.5) is 5.69 Å². The molecule has 1 aliphatic heterocycles. The molecule has 0 bridgehead atoms. The SMILES string of the molecule is COc1cc(C)c(N)cc1S(=O)(=O)N1CC(C)(O)C1. The highest BCUT2D eigenvalue weighted by atomic mass is 32.2. The van der Waals surface area contributed by atoms with E-state index >= 15 is 0 Å². The maximum absolute atomic E-state index is 12.4. The van der Waals surface area contributed by atoms with Gasteiger partial charge in [-0.3, -0.25) is 0 Å². The van der Waals surface area contributed by atoms with Crippen LogP contribution >= 0.6 is 0 Å². The minimum atomic E-state index is -3.69. The Morgan fingerprint density at radius 2 is 2.00 bits per heavy atom. The Morgan fingerprint density at radius 3 is 2.47 bits per heavy atom. The summed E-state index contributed by atoms with van der Waals surface area (Å²) in [6, 6.07) is 3.00. The number of aliphatic hydroxyl groups is 1. The number of rotatable bonds is 3. The Labute approximate surface area is 112 Å². The molecule has 3 N–H and O–H groups in total. The van der Waals surface area contributed by atoms with Crippen molar-refractivity contribution in [1.29, 1.82) is 0 Å². The van der Waals surface area contributed by atoms with E-state index in [2.05, 4.69) is 0 Å². The van der Waals surface area contributed by atoms with Gasteiger partial charge in [-0.25, -0.2) is 8.42 Å². The predicted molar refractivity (Wildman–Crippen MR) is 71.5 cm³/mol. The molecule has 1 aromatic rings. The normalized spacial score (nSPS) is 18.9. The van der Waals surface area contributed by atoms with Crippen LogP contribution in [0.1, 0.15) is 12.5 Å². The number of sulfonamides is 1. The summed E-state index contributed by atoms with van der Waals surface area (Å²) in [5.41, 5.74) is 5.96. The number of ether oxygens (including phenoxy) is 1. The molecule has 2 rings (SSSR count). The third-order valence-corrected chi connectivity index (χ3v) is 5.02. The Hall–Kier alpha value is -1.31. The van der Waals surface area contributed by atoms with E-state index < -0.39 is 15.6 Å². The number of anilines is 1. The molecule has 0 amide bonds. The number of nitrogen functional groups attached to an aromatic ring is 1. The van der Waals surface area contributed by atoms with Crippen LogP contribution in [0.25, 0.3) is 0 Å². The molecule has 0 aromatic heterocycles. The van der Waals surface area contributed by atoms with Crippen LogP contribution in [0.3, 0.4) is 0 Å². The molecule has 1 fully saturated rings. The molecule has 1 saturated heterocycles. The third-order valence-electron chi connectivity index (χ3n) is 3.20. The number of methoxy groups -OCH3 is 1. The van der Waals surface area contributed by atoms with Gasteiger partial charge in [0, 0.05) is 18.8 Å². The van der Waals surface area contributed by atoms with Crippen LogP contribution in [0.15, 0.2) is 17.0 Å². The van der Waals surface area contributed by atoms with E-state index in [0.29, 0.717) is 5.69 Å². The summed E-state index contributed by atoms with van der Waals surface area (Å²) in [7, 11) is -2.27. The summed E-state index contributed by atoms with van der Waals surface area (Å²) in [6.07, 6.45) is 0. The fourth-order valence-corrected chi connectivity index (χ4v) is 3.91. The smallest absolute Gasteiger partial charge is 0.247 e. The van der Waals surface area contributed by atoms with Crippen LogP contribution in [-0.2, 0) is 10.0 Å². The summed E-state index contributed by atoms with van der Waals surface area (Å²) in [5, 5.41) is 9.66. The lowest BCUT2D eigenvalue weighted by Gasteiger charge is -2.42. The monoisotopic (exact) mass is 286 g/mol. The fraction of sp³-hybridized carbons (Fsp3) is 0.500. The molecule has 1 heterocycles. The molecule has 1 aromatic carbocycles. The summed E-state index contributed by atoms with van der Waals surface area (Å²) in [4.78, 5) is 0.0357. The van der Waals surface area contributed by atoms with E-state index in [-0.39, 0.29) is 23.7 Å². The van der Waals surface area contributed by atoms with Gasteiger partial charge in [0.25, 0.3) is 0 Å². The van der Waals surface area contributed by atoms with Crippen LogP contribution in [0.5, 0.6) is 5.75 Å². The number of nitrogens with two attached hydrogens (primary N) is 1. The largest absolute Gasteiger partial charge is 0.495 e. The van der Waals surface area contributed by atoms with Gasteiger partial charge in [0.05, 0.1) is 12.7 Å². The summed E-state index contributed by atoms with van der Waals surface area (Å²) >= 11 is 0. The molecule has 7 heteroatoms. The van der Waals surface area contributed by atoms with Gasteiger partial charge in [-0.1, -0.05) is 0 Å². The van der Waals surface area contributed by atoms with E-state index in [9.17, 15) is 13.5 Å². The lowest BCUT2D eigenvalue weighted by Crippen LogP contribution is -2.61. The number of β-amino-alcohol motifs (C(OH)–C–C–N with tert-alkyl or cyclic N) is 1. The van der Waals surface area contributed by atoms with E-state index in [0.717, 1.165) is 5.56 Å². The van der Waals surface area contributed by atoms with Crippen molar-refractivity contribution in [2.75, 3.05) is 25.9 Å². The topological polar surface area (TPSA) is 92.9 Å². The molecule has 0 spiro atoms. The predicted octanol–water partition coefficient (Wildman–Crippen LogP) is 0.341. The number of hydrogen-bond donors (Lipinski definition) is 2. The van der Waals surface area contributed by atoms with Crippen molar-refractivity contribution in [3.63, 3.8) is 0 Å². The molecule has 6 nitrogen and oxygen atoms in total. The van der Waals surface area contributed by atoms with Crippen molar-refractivity contribution in [2.24, 2.45) is 0 Å². The highest BCUT2D eigenvalue weighted by molar-refractivity contribution is 7.89. The van der Waals surface area contributed by atoms with Gasteiger partial charge < -0.3 is 15.6 Å².